The first-order valence-corrected chi connectivity index (χ1v) is 4.93. The summed E-state index contributed by atoms with van der Waals surface area (Å²) in [7, 11) is 0. The monoisotopic (exact) mass is 168 g/mol. The molecule has 1 aliphatic rings. The molecule has 70 valence electrons. The van der Waals surface area contributed by atoms with Gasteiger partial charge in [0, 0.05) is 0 Å². The lowest BCUT2D eigenvalue weighted by Crippen LogP contribution is -1.98. The molecular weight excluding hydrogens is 148 g/mol. The maximum atomic E-state index is 5.19. The number of hydrogen-bond donors (Lipinski definition) is 0. The van der Waals surface area contributed by atoms with Crippen LogP contribution in [0.1, 0.15) is 40.0 Å². The van der Waals surface area contributed by atoms with Crippen LogP contribution in [0.5, 0.6) is 0 Å². The van der Waals surface area contributed by atoms with Crippen LogP contribution in [-0.2, 0) is 4.74 Å². The molecule has 1 aliphatic heterocycles. The van der Waals surface area contributed by atoms with E-state index in [0.29, 0.717) is 6.10 Å². The van der Waals surface area contributed by atoms with Crippen molar-refractivity contribution in [3.8, 4) is 0 Å². The normalized spacial score (nSPS) is 23.4. The van der Waals surface area contributed by atoms with E-state index in [4.69, 9.17) is 4.74 Å². The van der Waals surface area contributed by atoms with Gasteiger partial charge in [0.25, 0.3) is 0 Å². The Kier molecular flexibility index (Phi) is 3.80. The molecule has 1 fully saturated rings. The summed E-state index contributed by atoms with van der Waals surface area (Å²) in [6, 6.07) is 0. The average Bonchev–Trinajstić information content (AvgIpc) is 2.70. The van der Waals surface area contributed by atoms with Crippen LogP contribution < -0.4 is 0 Å². The van der Waals surface area contributed by atoms with Crippen molar-refractivity contribution in [2.45, 2.75) is 46.1 Å². The third-order valence-electron chi connectivity index (χ3n) is 2.28. The fourth-order valence-corrected chi connectivity index (χ4v) is 1.43. The summed E-state index contributed by atoms with van der Waals surface area (Å²) in [5.41, 5.74) is 1.44. The molecule has 1 heteroatoms. The zero-order valence-corrected chi connectivity index (χ0v) is 8.47. The quantitative estimate of drug-likeness (QED) is 0.454. The molecule has 0 radical (unpaired) electrons. The highest BCUT2D eigenvalue weighted by Gasteiger charge is 2.24. The van der Waals surface area contributed by atoms with E-state index in [1.807, 2.05) is 0 Å². The number of allylic oxidation sites excluding steroid dienone is 2. The molecular formula is C11H20O. The smallest absolute Gasteiger partial charge is 0.0812 e. The predicted molar refractivity (Wildman–Crippen MR) is 52.2 cm³/mol. The Hall–Kier alpha value is -0.300. The Balaban J connectivity index is 2.00. The summed E-state index contributed by atoms with van der Waals surface area (Å²) >= 11 is 0. The van der Waals surface area contributed by atoms with Crippen molar-refractivity contribution in [1.82, 2.24) is 0 Å². The van der Waals surface area contributed by atoms with Crippen LogP contribution in [0.4, 0.5) is 0 Å². The van der Waals surface area contributed by atoms with Crippen molar-refractivity contribution >= 4 is 0 Å². The first-order valence-electron chi connectivity index (χ1n) is 4.93. The molecule has 2 atom stereocenters. The summed E-state index contributed by atoms with van der Waals surface area (Å²) in [6.07, 6.45) is 6.73. The molecule has 0 aromatic rings. The second-order valence-corrected chi connectivity index (χ2v) is 4.16. The van der Waals surface area contributed by atoms with Gasteiger partial charge in [-0.05, 0) is 39.0 Å². The van der Waals surface area contributed by atoms with Gasteiger partial charge in [0.05, 0.1) is 12.7 Å². The Morgan fingerprint density at radius 2 is 2.25 bits per heavy atom. The average molecular weight is 168 g/mol. The largest absolute Gasteiger partial charge is 0.373 e. The lowest BCUT2D eigenvalue weighted by atomic mass is 9.99. The SMILES string of the molecule is CC(C)=CCC[C@@H](C)CC1CO1. The van der Waals surface area contributed by atoms with Crippen LogP contribution in [0.15, 0.2) is 11.6 Å². The van der Waals surface area contributed by atoms with Crippen molar-refractivity contribution < 1.29 is 4.74 Å². The number of rotatable bonds is 5. The van der Waals surface area contributed by atoms with Gasteiger partial charge in [-0.1, -0.05) is 18.6 Å². The zero-order chi connectivity index (χ0) is 8.97. The van der Waals surface area contributed by atoms with E-state index in [9.17, 15) is 0 Å². The van der Waals surface area contributed by atoms with Crippen LogP contribution in [0, 0.1) is 5.92 Å². The molecule has 1 unspecified atom stereocenters. The molecule has 1 saturated heterocycles. The minimum absolute atomic E-state index is 0.603. The van der Waals surface area contributed by atoms with Crippen molar-refractivity contribution in [1.29, 1.82) is 0 Å². The molecule has 12 heavy (non-hydrogen) atoms. The first-order chi connectivity index (χ1) is 5.68. The van der Waals surface area contributed by atoms with Gasteiger partial charge < -0.3 is 4.74 Å². The maximum absolute atomic E-state index is 5.19. The molecule has 0 aromatic heterocycles. The summed E-state index contributed by atoms with van der Waals surface area (Å²) in [5, 5.41) is 0. The van der Waals surface area contributed by atoms with Crippen LogP contribution in [0.2, 0.25) is 0 Å². The van der Waals surface area contributed by atoms with E-state index in [1.54, 1.807) is 0 Å². The van der Waals surface area contributed by atoms with Gasteiger partial charge in [-0.25, -0.2) is 0 Å². The molecule has 1 nitrogen and oxygen atoms in total. The lowest BCUT2D eigenvalue weighted by Gasteiger charge is -2.06. The van der Waals surface area contributed by atoms with Gasteiger partial charge >= 0.3 is 0 Å². The van der Waals surface area contributed by atoms with Crippen molar-refractivity contribution in [2.75, 3.05) is 6.61 Å². The van der Waals surface area contributed by atoms with Crippen molar-refractivity contribution in [2.24, 2.45) is 5.92 Å². The molecule has 1 rings (SSSR count). The van der Waals surface area contributed by atoms with Gasteiger partial charge in [-0.15, -0.1) is 0 Å². The first kappa shape index (κ1) is 9.79. The van der Waals surface area contributed by atoms with E-state index in [2.05, 4.69) is 26.8 Å². The number of ether oxygens (including phenoxy) is 1. The summed E-state index contributed by atoms with van der Waals surface area (Å²) in [6.45, 7) is 7.65. The Morgan fingerprint density at radius 3 is 2.75 bits per heavy atom. The molecule has 0 spiro atoms. The van der Waals surface area contributed by atoms with E-state index < -0.39 is 0 Å². The van der Waals surface area contributed by atoms with E-state index in [0.717, 1.165) is 12.5 Å². The minimum Gasteiger partial charge on any atom is -0.373 e. The molecule has 0 saturated carbocycles. The number of epoxide rings is 1. The third-order valence-corrected chi connectivity index (χ3v) is 2.28. The van der Waals surface area contributed by atoms with Crippen LogP contribution in [0.3, 0.4) is 0 Å². The van der Waals surface area contributed by atoms with E-state index in [1.165, 1.54) is 24.8 Å². The fraction of sp³-hybridized carbons (Fsp3) is 0.818. The third kappa shape index (κ3) is 4.55. The second kappa shape index (κ2) is 4.66. The minimum atomic E-state index is 0.603. The second-order valence-electron chi connectivity index (χ2n) is 4.16. The van der Waals surface area contributed by atoms with Crippen molar-refractivity contribution in [3.63, 3.8) is 0 Å². The molecule has 0 aliphatic carbocycles. The van der Waals surface area contributed by atoms with Gasteiger partial charge in [0.2, 0.25) is 0 Å². The Morgan fingerprint density at radius 1 is 1.58 bits per heavy atom. The standard InChI is InChI=1S/C11H20O/c1-9(2)5-4-6-10(3)7-11-8-12-11/h5,10-11H,4,6-8H2,1-3H3/t10-,11?/m1/s1. The Bertz CT molecular complexity index is 152. The van der Waals surface area contributed by atoms with Gasteiger partial charge in [0.1, 0.15) is 0 Å². The lowest BCUT2D eigenvalue weighted by molar-refractivity contribution is 0.354. The summed E-state index contributed by atoms with van der Waals surface area (Å²) in [5.74, 6) is 0.827. The van der Waals surface area contributed by atoms with Gasteiger partial charge in [-0.3, -0.25) is 0 Å². The summed E-state index contributed by atoms with van der Waals surface area (Å²) < 4.78 is 5.19. The molecule has 0 N–H and O–H groups in total. The fourth-order valence-electron chi connectivity index (χ4n) is 1.43. The van der Waals surface area contributed by atoms with Crippen LogP contribution >= 0.6 is 0 Å². The van der Waals surface area contributed by atoms with Crippen molar-refractivity contribution in [3.05, 3.63) is 11.6 Å². The highest BCUT2D eigenvalue weighted by atomic mass is 16.6. The van der Waals surface area contributed by atoms with Crippen LogP contribution in [-0.4, -0.2) is 12.7 Å². The van der Waals surface area contributed by atoms with E-state index in [-0.39, 0.29) is 0 Å². The van der Waals surface area contributed by atoms with Gasteiger partial charge in [0.15, 0.2) is 0 Å². The topological polar surface area (TPSA) is 12.5 Å². The molecule has 0 amide bonds. The molecule has 0 aromatic carbocycles. The predicted octanol–water partition coefficient (Wildman–Crippen LogP) is 3.16. The zero-order valence-electron chi connectivity index (χ0n) is 8.47. The highest BCUT2D eigenvalue weighted by Crippen LogP contribution is 2.22. The Labute approximate surface area is 75.8 Å². The van der Waals surface area contributed by atoms with Gasteiger partial charge in [-0.2, -0.15) is 0 Å². The highest BCUT2D eigenvalue weighted by molar-refractivity contribution is 4.92. The molecule has 0 bridgehead atoms. The van der Waals surface area contributed by atoms with Crippen LogP contribution in [0.25, 0.3) is 0 Å². The summed E-state index contributed by atoms with van der Waals surface area (Å²) in [4.78, 5) is 0. The number of hydrogen-bond acceptors (Lipinski definition) is 1. The maximum Gasteiger partial charge on any atom is 0.0812 e. The molecule has 1 heterocycles. The van der Waals surface area contributed by atoms with E-state index >= 15 is 0 Å².